The van der Waals surface area contributed by atoms with E-state index in [1.807, 2.05) is 42.5 Å². The number of piperazine rings is 1. The van der Waals surface area contributed by atoms with Crippen molar-refractivity contribution < 1.29 is 4.79 Å². The molecule has 1 aliphatic carbocycles. The highest BCUT2D eigenvalue weighted by Crippen LogP contribution is 2.27. The lowest BCUT2D eigenvalue weighted by atomic mass is 10.1. The summed E-state index contributed by atoms with van der Waals surface area (Å²) in [7, 11) is 0. The second kappa shape index (κ2) is 10.4. The molecule has 0 spiro atoms. The number of amides is 1. The van der Waals surface area contributed by atoms with Crippen molar-refractivity contribution >= 4 is 52.4 Å². The van der Waals surface area contributed by atoms with E-state index in [-0.39, 0.29) is 5.91 Å². The van der Waals surface area contributed by atoms with Crippen LogP contribution in [0.3, 0.4) is 0 Å². The van der Waals surface area contributed by atoms with Crippen LogP contribution in [0, 0.1) is 0 Å². The van der Waals surface area contributed by atoms with Crippen molar-refractivity contribution in [2.75, 3.05) is 36.0 Å². The molecule has 2 aromatic carbocycles. The molecule has 176 valence electrons. The highest BCUT2D eigenvalue weighted by molar-refractivity contribution is 7.98. The molecule has 1 saturated heterocycles. The fourth-order valence-corrected chi connectivity index (χ4v) is 5.02. The standard InChI is InChI=1S/C25H25Cl2N5OS/c26-19-5-9-21(10-6-19)31-11-13-32(14-12-31)23-15-22(27)29-25(30-23)34-16-17-1-3-18(4-2-17)24(33)28-20-7-8-20/h1-6,9-10,15,20H,7-8,11-14,16H2,(H,28,33). The Hall–Kier alpha value is -2.48. The first kappa shape index (κ1) is 23.3. The summed E-state index contributed by atoms with van der Waals surface area (Å²) in [5, 5.41) is 4.86. The van der Waals surface area contributed by atoms with Crippen molar-refractivity contribution in [1.82, 2.24) is 15.3 Å². The van der Waals surface area contributed by atoms with Gasteiger partial charge in [0, 0.05) is 60.3 Å². The molecule has 1 aromatic heterocycles. The zero-order chi connectivity index (χ0) is 23.5. The summed E-state index contributed by atoms with van der Waals surface area (Å²) in [6, 6.07) is 17.9. The van der Waals surface area contributed by atoms with E-state index in [1.165, 1.54) is 5.69 Å². The number of nitrogens with one attached hydrogen (secondary N) is 1. The molecule has 2 fully saturated rings. The van der Waals surface area contributed by atoms with Gasteiger partial charge in [-0.05, 0) is 54.8 Å². The molecule has 3 aromatic rings. The van der Waals surface area contributed by atoms with Crippen LogP contribution in [0.25, 0.3) is 0 Å². The SMILES string of the molecule is O=C(NC1CC1)c1ccc(CSc2nc(Cl)cc(N3CCN(c4ccc(Cl)cc4)CC3)n2)cc1. The molecule has 5 rings (SSSR count). The minimum atomic E-state index is 0.000629. The third-order valence-electron chi connectivity index (χ3n) is 5.95. The second-order valence-electron chi connectivity index (χ2n) is 8.52. The number of benzene rings is 2. The third-order valence-corrected chi connectivity index (χ3v) is 7.32. The van der Waals surface area contributed by atoms with Crippen LogP contribution in [0.2, 0.25) is 10.2 Å². The maximum absolute atomic E-state index is 12.2. The molecule has 9 heteroatoms. The number of carbonyl (C=O) groups excluding carboxylic acids is 1. The van der Waals surface area contributed by atoms with E-state index in [9.17, 15) is 4.79 Å². The molecule has 1 amide bonds. The zero-order valence-electron chi connectivity index (χ0n) is 18.6. The van der Waals surface area contributed by atoms with Crippen molar-refractivity contribution in [2.24, 2.45) is 0 Å². The Balaban J connectivity index is 1.18. The highest BCUT2D eigenvalue weighted by atomic mass is 35.5. The third kappa shape index (κ3) is 5.95. The van der Waals surface area contributed by atoms with Gasteiger partial charge < -0.3 is 15.1 Å². The minimum absolute atomic E-state index is 0.000629. The van der Waals surface area contributed by atoms with Crippen LogP contribution < -0.4 is 15.1 Å². The number of halogens is 2. The maximum Gasteiger partial charge on any atom is 0.251 e. The molecule has 1 aliphatic heterocycles. The molecular formula is C25H25Cl2N5OS. The molecular weight excluding hydrogens is 489 g/mol. The monoisotopic (exact) mass is 513 g/mol. The molecule has 2 heterocycles. The van der Waals surface area contributed by atoms with Crippen LogP contribution >= 0.6 is 35.0 Å². The highest BCUT2D eigenvalue weighted by Gasteiger charge is 2.23. The average Bonchev–Trinajstić information content (AvgIpc) is 3.67. The van der Waals surface area contributed by atoms with E-state index in [0.29, 0.717) is 27.7 Å². The van der Waals surface area contributed by atoms with E-state index in [4.69, 9.17) is 28.2 Å². The summed E-state index contributed by atoms with van der Waals surface area (Å²) in [5.41, 5.74) is 2.98. The molecule has 0 radical (unpaired) electrons. The van der Waals surface area contributed by atoms with E-state index in [2.05, 4.69) is 32.2 Å². The summed E-state index contributed by atoms with van der Waals surface area (Å²) in [6.45, 7) is 3.49. The summed E-state index contributed by atoms with van der Waals surface area (Å²) in [4.78, 5) is 25.9. The van der Waals surface area contributed by atoms with Crippen LogP contribution in [0.15, 0.2) is 59.8 Å². The first-order valence-electron chi connectivity index (χ1n) is 11.4. The Labute approximate surface area is 213 Å². The number of carbonyl (C=O) groups is 1. The first-order valence-corrected chi connectivity index (χ1v) is 13.1. The molecule has 1 saturated carbocycles. The van der Waals surface area contributed by atoms with Gasteiger partial charge >= 0.3 is 0 Å². The fourth-order valence-electron chi connectivity index (χ4n) is 3.85. The van der Waals surface area contributed by atoms with Gasteiger partial charge in [0.2, 0.25) is 0 Å². The molecule has 34 heavy (non-hydrogen) atoms. The molecule has 2 aliphatic rings. The van der Waals surface area contributed by atoms with Gasteiger partial charge in [0.1, 0.15) is 11.0 Å². The summed E-state index contributed by atoms with van der Waals surface area (Å²) >= 11 is 13.9. The van der Waals surface area contributed by atoms with Crippen LogP contribution in [0.5, 0.6) is 0 Å². The lowest BCUT2D eigenvalue weighted by molar-refractivity contribution is 0.0951. The number of rotatable bonds is 7. The van der Waals surface area contributed by atoms with Gasteiger partial charge in [-0.2, -0.15) is 0 Å². The lowest BCUT2D eigenvalue weighted by Crippen LogP contribution is -2.46. The zero-order valence-corrected chi connectivity index (χ0v) is 20.9. The molecule has 6 nitrogen and oxygen atoms in total. The van der Waals surface area contributed by atoms with Crippen LogP contribution in [-0.2, 0) is 5.75 Å². The topological polar surface area (TPSA) is 61.4 Å². The number of aromatic nitrogens is 2. The van der Waals surface area contributed by atoms with Gasteiger partial charge in [0.15, 0.2) is 5.16 Å². The predicted octanol–water partition coefficient (Wildman–Crippen LogP) is 5.29. The lowest BCUT2D eigenvalue weighted by Gasteiger charge is -2.36. The van der Waals surface area contributed by atoms with Crippen molar-refractivity contribution in [1.29, 1.82) is 0 Å². The molecule has 0 atom stereocenters. The molecule has 1 N–H and O–H groups in total. The number of hydrogen-bond acceptors (Lipinski definition) is 6. The van der Waals surface area contributed by atoms with Gasteiger partial charge in [0.05, 0.1) is 0 Å². The number of nitrogens with zero attached hydrogens (tertiary/aromatic N) is 4. The smallest absolute Gasteiger partial charge is 0.251 e. The van der Waals surface area contributed by atoms with Gasteiger partial charge in [-0.25, -0.2) is 9.97 Å². The minimum Gasteiger partial charge on any atom is -0.368 e. The van der Waals surface area contributed by atoms with Gasteiger partial charge in [-0.1, -0.05) is 47.1 Å². The Morgan fingerprint density at radius 1 is 0.941 bits per heavy atom. The van der Waals surface area contributed by atoms with Crippen LogP contribution in [0.4, 0.5) is 11.5 Å². The summed E-state index contributed by atoms with van der Waals surface area (Å²) in [6.07, 6.45) is 2.17. The van der Waals surface area contributed by atoms with Crippen LogP contribution in [-0.4, -0.2) is 48.1 Å². The number of anilines is 2. The van der Waals surface area contributed by atoms with Crippen molar-refractivity contribution in [3.63, 3.8) is 0 Å². The van der Waals surface area contributed by atoms with Crippen molar-refractivity contribution in [2.45, 2.75) is 29.8 Å². The summed E-state index contributed by atoms with van der Waals surface area (Å²) < 4.78 is 0. The predicted molar refractivity (Wildman–Crippen MR) is 139 cm³/mol. The number of hydrogen-bond donors (Lipinski definition) is 1. The van der Waals surface area contributed by atoms with Gasteiger partial charge in [0.25, 0.3) is 5.91 Å². The second-order valence-corrected chi connectivity index (χ2v) is 10.3. The molecule has 0 unspecified atom stereocenters. The van der Waals surface area contributed by atoms with Crippen molar-refractivity contribution in [3.8, 4) is 0 Å². The Kier molecular flexibility index (Phi) is 7.13. The maximum atomic E-state index is 12.2. The first-order chi connectivity index (χ1) is 16.5. The van der Waals surface area contributed by atoms with E-state index < -0.39 is 0 Å². The van der Waals surface area contributed by atoms with E-state index in [1.54, 1.807) is 11.8 Å². The summed E-state index contributed by atoms with van der Waals surface area (Å²) in [5.74, 6) is 1.56. The largest absolute Gasteiger partial charge is 0.368 e. The Bertz CT molecular complexity index is 1150. The number of thioether (sulfide) groups is 1. The van der Waals surface area contributed by atoms with Crippen molar-refractivity contribution in [3.05, 3.63) is 75.9 Å². The quantitative estimate of drug-likeness (QED) is 0.263. The van der Waals surface area contributed by atoms with Crippen LogP contribution in [0.1, 0.15) is 28.8 Å². The van der Waals surface area contributed by atoms with E-state index in [0.717, 1.165) is 55.4 Å². The van der Waals surface area contributed by atoms with Gasteiger partial charge in [-0.3, -0.25) is 4.79 Å². The van der Waals surface area contributed by atoms with E-state index >= 15 is 0 Å². The molecule has 0 bridgehead atoms. The fraction of sp³-hybridized carbons (Fsp3) is 0.320. The normalized spacial score (nSPS) is 15.9. The Morgan fingerprint density at radius 2 is 1.62 bits per heavy atom. The average molecular weight is 514 g/mol. The van der Waals surface area contributed by atoms with Gasteiger partial charge in [-0.15, -0.1) is 0 Å². The Morgan fingerprint density at radius 3 is 2.29 bits per heavy atom.